The van der Waals surface area contributed by atoms with E-state index in [9.17, 15) is 4.79 Å². The molecule has 0 fully saturated rings. The fourth-order valence-electron chi connectivity index (χ4n) is 1.64. The molecule has 0 aliphatic carbocycles. The minimum Gasteiger partial charge on any atom is -0.345 e. The number of carbonyl (C=O) groups is 1. The number of aryl methyl sites for hydroxylation is 1. The second-order valence-electron chi connectivity index (χ2n) is 4.19. The summed E-state index contributed by atoms with van der Waals surface area (Å²) in [6.45, 7) is 6.32. The molecule has 1 N–H and O–H groups in total. The third kappa shape index (κ3) is 3.55. The lowest BCUT2D eigenvalue weighted by molar-refractivity contribution is 0.0908. The number of rotatable bonds is 6. The predicted octanol–water partition coefficient (Wildman–Crippen LogP) is 3.99. The average molecular weight is 318 g/mol. The van der Waals surface area contributed by atoms with Crippen LogP contribution in [-0.2, 0) is 6.42 Å². The van der Waals surface area contributed by atoms with Crippen molar-refractivity contribution in [3.05, 3.63) is 21.9 Å². The van der Waals surface area contributed by atoms with Crippen LogP contribution < -0.4 is 5.32 Å². The van der Waals surface area contributed by atoms with Gasteiger partial charge in [0.25, 0.3) is 5.91 Å². The Labute approximate surface area is 116 Å². The molecule has 0 saturated heterocycles. The van der Waals surface area contributed by atoms with Crippen molar-refractivity contribution >= 4 is 33.2 Å². The maximum absolute atomic E-state index is 12.1. The topological polar surface area (TPSA) is 29.1 Å². The molecule has 0 radical (unpaired) electrons. The molecule has 96 valence electrons. The van der Waals surface area contributed by atoms with Crippen LogP contribution in [-0.4, -0.2) is 16.8 Å². The van der Waals surface area contributed by atoms with E-state index in [1.54, 1.807) is 11.3 Å². The Morgan fingerprint density at radius 2 is 2.00 bits per heavy atom. The molecule has 17 heavy (non-hydrogen) atoms. The van der Waals surface area contributed by atoms with Crippen LogP contribution in [0.3, 0.4) is 0 Å². The number of carbonyl (C=O) groups excluding carboxylic acids is 1. The molecule has 4 heteroatoms. The number of alkyl halides is 1. The van der Waals surface area contributed by atoms with Gasteiger partial charge in [-0.25, -0.2) is 0 Å². The van der Waals surface area contributed by atoms with Gasteiger partial charge in [-0.05, 0) is 31.4 Å². The minimum atomic E-state index is -0.118. The smallest absolute Gasteiger partial charge is 0.261 e. The van der Waals surface area contributed by atoms with Gasteiger partial charge in [-0.15, -0.1) is 11.3 Å². The normalized spacial score (nSPS) is 11.5. The van der Waals surface area contributed by atoms with Gasteiger partial charge in [-0.1, -0.05) is 36.7 Å². The van der Waals surface area contributed by atoms with Gasteiger partial charge < -0.3 is 5.32 Å². The Kier molecular flexibility index (Phi) is 5.67. The summed E-state index contributed by atoms with van der Waals surface area (Å²) in [6.07, 6.45) is 2.86. The summed E-state index contributed by atoms with van der Waals surface area (Å²) in [5.74, 6) is 0.0536. The second-order valence-corrected chi connectivity index (χ2v) is 5.92. The summed E-state index contributed by atoms with van der Waals surface area (Å²) in [6, 6.07) is 3.95. The number of amides is 1. The second kappa shape index (κ2) is 6.55. The van der Waals surface area contributed by atoms with Crippen molar-refractivity contribution < 1.29 is 4.79 Å². The van der Waals surface area contributed by atoms with Crippen LogP contribution in [0.1, 0.15) is 48.2 Å². The molecule has 0 aromatic carbocycles. The molecule has 1 heterocycles. The molecule has 0 aliphatic heterocycles. The van der Waals surface area contributed by atoms with E-state index in [2.05, 4.69) is 42.0 Å². The van der Waals surface area contributed by atoms with Gasteiger partial charge in [0.15, 0.2) is 0 Å². The van der Waals surface area contributed by atoms with Crippen LogP contribution in [0.4, 0.5) is 0 Å². The molecule has 1 amide bonds. The van der Waals surface area contributed by atoms with Gasteiger partial charge in [0.2, 0.25) is 0 Å². The van der Waals surface area contributed by atoms with Crippen molar-refractivity contribution in [2.24, 2.45) is 0 Å². The Balaban J connectivity index is 2.77. The van der Waals surface area contributed by atoms with Gasteiger partial charge in [0, 0.05) is 15.7 Å². The summed E-state index contributed by atoms with van der Waals surface area (Å²) in [5, 5.41) is 3.95. The van der Waals surface area contributed by atoms with E-state index in [1.165, 1.54) is 4.88 Å². The zero-order valence-electron chi connectivity index (χ0n) is 10.7. The van der Waals surface area contributed by atoms with Crippen molar-refractivity contribution in [3.63, 3.8) is 0 Å². The third-order valence-electron chi connectivity index (χ3n) is 3.22. The van der Waals surface area contributed by atoms with E-state index < -0.39 is 0 Å². The first-order valence-electron chi connectivity index (χ1n) is 6.08. The van der Waals surface area contributed by atoms with Gasteiger partial charge >= 0.3 is 0 Å². The molecule has 1 rings (SSSR count). The fourth-order valence-corrected chi connectivity index (χ4v) is 3.42. The first kappa shape index (κ1) is 14.7. The first-order chi connectivity index (χ1) is 8.10. The number of thiophene rings is 1. The molecule has 2 nitrogen and oxygen atoms in total. The Morgan fingerprint density at radius 1 is 1.35 bits per heavy atom. The number of hydrogen-bond donors (Lipinski definition) is 1. The molecular weight excluding hydrogens is 298 g/mol. The number of nitrogens with one attached hydrogen (secondary N) is 1. The van der Waals surface area contributed by atoms with Gasteiger partial charge in [0.1, 0.15) is 0 Å². The molecule has 0 atom stereocenters. The average Bonchev–Trinajstić information content (AvgIpc) is 2.85. The van der Waals surface area contributed by atoms with Crippen LogP contribution in [0.15, 0.2) is 12.1 Å². The van der Waals surface area contributed by atoms with Crippen LogP contribution in [0.2, 0.25) is 0 Å². The lowest BCUT2D eigenvalue weighted by atomic mass is 9.95. The van der Waals surface area contributed by atoms with E-state index in [4.69, 9.17) is 0 Å². The molecule has 0 bridgehead atoms. The summed E-state index contributed by atoms with van der Waals surface area (Å²) < 4.78 is 0. The highest BCUT2D eigenvalue weighted by atomic mass is 79.9. The first-order valence-corrected chi connectivity index (χ1v) is 8.01. The molecule has 1 aromatic heterocycles. The van der Waals surface area contributed by atoms with Crippen molar-refractivity contribution in [2.45, 2.75) is 45.6 Å². The van der Waals surface area contributed by atoms with Crippen LogP contribution in [0, 0.1) is 0 Å². The lowest BCUT2D eigenvalue weighted by Gasteiger charge is -2.30. The molecule has 0 aliphatic rings. The van der Waals surface area contributed by atoms with E-state index in [1.807, 2.05) is 12.1 Å². The van der Waals surface area contributed by atoms with Crippen LogP contribution in [0.25, 0.3) is 0 Å². The van der Waals surface area contributed by atoms with E-state index >= 15 is 0 Å². The molecule has 0 spiro atoms. The highest BCUT2D eigenvalue weighted by Crippen LogP contribution is 2.21. The zero-order chi connectivity index (χ0) is 12.9. The maximum Gasteiger partial charge on any atom is 0.261 e. The number of hydrogen-bond acceptors (Lipinski definition) is 2. The van der Waals surface area contributed by atoms with Crippen molar-refractivity contribution in [3.8, 4) is 0 Å². The SMILES string of the molecule is CCc1ccc(C(=O)NC(CC)(CC)CBr)s1. The van der Waals surface area contributed by atoms with Crippen molar-refractivity contribution in [1.82, 2.24) is 5.32 Å². The third-order valence-corrected chi connectivity index (χ3v) is 5.52. The number of halogens is 1. The highest BCUT2D eigenvalue weighted by Gasteiger charge is 2.27. The monoisotopic (exact) mass is 317 g/mol. The lowest BCUT2D eigenvalue weighted by Crippen LogP contribution is -2.48. The minimum absolute atomic E-state index is 0.0536. The van der Waals surface area contributed by atoms with Crippen molar-refractivity contribution in [2.75, 3.05) is 5.33 Å². The molecule has 1 aromatic rings. The molecule has 0 unspecified atom stereocenters. The molecular formula is C13H20BrNOS. The van der Waals surface area contributed by atoms with Crippen LogP contribution in [0.5, 0.6) is 0 Å². The zero-order valence-corrected chi connectivity index (χ0v) is 13.1. The largest absolute Gasteiger partial charge is 0.345 e. The fraction of sp³-hybridized carbons (Fsp3) is 0.615. The highest BCUT2D eigenvalue weighted by molar-refractivity contribution is 9.09. The van der Waals surface area contributed by atoms with Gasteiger partial charge in [-0.2, -0.15) is 0 Å². The summed E-state index contributed by atoms with van der Waals surface area (Å²) in [5.41, 5.74) is -0.118. The summed E-state index contributed by atoms with van der Waals surface area (Å²) in [7, 11) is 0. The Hall–Kier alpha value is -0.350. The summed E-state index contributed by atoms with van der Waals surface area (Å²) >= 11 is 5.09. The maximum atomic E-state index is 12.1. The van der Waals surface area contributed by atoms with E-state index in [0.717, 1.165) is 29.5 Å². The van der Waals surface area contributed by atoms with Crippen LogP contribution >= 0.6 is 27.3 Å². The molecule has 0 saturated carbocycles. The Bertz CT molecular complexity index is 363. The van der Waals surface area contributed by atoms with Gasteiger partial charge in [0.05, 0.1) is 4.88 Å². The predicted molar refractivity (Wildman–Crippen MR) is 78.3 cm³/mol. The summed E-state index contributed by atoms with van der Waals surface area (Å²) in [4.78, 5) is 14.2. The van der Waals surface area contributed by atoms with E-state index in [-0.39, 0.29) is 11.4 Å². The van der Waals surface area contributed by atoms with E-state index in [0.29, 0.717) is 0 Å². The standard InChI is InChI=1S/C13H20BrNOS/c1-4-10-7-8-11(17-10)12(16)15-13(5-2,6-3)9-14/h7-8H,4-6,9H2,1-3H3,(H,15,16). The quantitative estimate of drug-likeness (QED) is 0.789. The van der Waals surface area contributed by atoms with Gasteiger partial charge in [-0.3, -0.25) is 4.79 Å². The van der Waals surface area contributed by atoms with Crippen molar-refractivity contribution in [1.29, 1.82) is 0 Å². The Morgan fingerprint density at radius 3 is 2.41 bits per heavy atom.